The molecule has 0 aliphatic heterocycles. The lowest BCUT2D eigenvalue weighted by atomic mass is 9.88. The highest BCUT2D eigenvalue weighted by atomic mass is 35.5. The van der Waals surface area contributed by atoms with Crippen molar-refractivity contribution >= 4 is 17.5 Å². The summed E-state index contributed by atoms with van der Waals surface area (Å²) >= 11 is 5.80. The first-order chi connectivity index (χ1) is 12.5. The average Bonchev–Trinajstić information content (AvgIpc) is 2.65. The van der Waals surface area contributed by atoms with Gasteiger partial charge in [0.05, 0.1) is 6.10 Å². The molecule has 2 aromatic rings. The molecular formula is C20H22ClFN2O2. The fourth-order valence-corrected chi connectivity index (χ4v) is 3.31. The second-order valence-electron chi connectivity index (χ2n) is 6.63. The van der Waals surface area contributed by atoms with Gasteiger partial charge >= 0.3 is 0 Å². The number of nitrogens with one attached hydrogen (secondary N) is 2. The van der Waals surface area contributed by atoms with E-state index < -0.39 is 6.10 Å². The van der Waals surface area contributed by atoms with Gasteiger partial charge in [0.2, 0.25) is 0 Å². The minimum absolute atomic E-state index is 0.170. The molecule has 26 heavy (non-hydrogen) atoms. The Morgan fingerprint density at radius 1 is 1.19 bits per heavy atom. The van der Waals surface area contributed by atoms with E-state index in [1.165, 1.54) is 6.07 Å². The van der Waals surface area contributed by atoms with E-state index in [2.05, 4.69) is 10.6 Å². The number of fused-ring (bicyclic) bond motifs is 1. The third-order valence-electron chi connectivity index (χ3n) is 4.64. The molecule has 1 aliphatic carbocycles. The number of amides is 1. The number of rotatable bonds is 6. The van der Waals surface area contributed by atoms with Gasteiger partial charge in [-0.1, -0.05) is 17.7 Å². The molecule has 0 heterocycles. The fraction of sp³-hybridized carbons (Fsp3) is 0.350. The third kappa shape index (κ3) is 5.04. The van der Waals surface area contributed by atoms with Gasteiger partial charge in [0.25, 0.3) is 5.91 Å². The fourth-order valence-electron chi connectivity index (χ4n) is 3.19. The van der Waals surface area contributed by atoms with Crippen molar-refractivity contribution in [3.05, 3.63) is 70.0 Å². The van der Waals surface area contributed by atoms with Crippen molar-refractivity contribution in [1.82, 2.24) is 10.6 Å². The van der Waals surface area contributed by atoms with E-state index in [1.807, 2.05) is 6.07 Å². The highest BCUT2D eigenvalue weighted by Crippen LogP contribution is 2.22. The van der Waals surface area contributed by atoms with Crippen LogP contribution in [0.3, 0.4) is 0 Å². The topological polar surface area (TPSA) is 61.4 Å². The summed E-state index contributed by atoms with van der Waals surface area (Å²) in [5.74, 6) is -0.434. The summed E-state index contributed by atoms with van der Waals surface area (Å²) in [7, 11) is 0. The van der Waals surface area contributed by atoms with Gasteiger partial charge in [-0.25, -0.2) is 4.39 Å². The largest absolute Gasteiger partial charge is 0.390 e. The molecule has 6 heteroatoms. The summed E-state index contributed by atoms with van der Waals surface area (Å²) < 4.78 is 13.2. The first kappa shape index (κ1) is 18.8. The maximum absolute atomic E-state index is 13.2. The number of benzene rings is 2. The molecule has 3 rings (SSSR count). The Labute approximate surface area is 157 Å². The molecule has 2 aromatic carbocycles. The van der Waals surface area contributed by atoms with Gasteiger partial charge < -0.3 is 15.7 Å². The number of hydrogen-bond acceptors (Lipinski definition) is 3. The summed E-state index contributed by atoms with van der Waals surface area (Å²) in [4.78, 5) is 12.0. The highest BCUT2D eigenvalue weighted by molar-refractivity contribution is 6.30. The van der Waals surface area contributed by atoms with Crippen LogP contribution in [0.15, 0.2) is 42.5 Å². The number of aryl methyl sites for hydroxylation is 1. The number of halogens is 2. The lowest BCUT2D eigenvalue weighted by Gasteiger charge is -2.26. The molecule has 1 aliphatic rings. The van der Waals surface area contributed by atoms with Crippen LogP contribution in [0.1, 0.15) is 27.9 Å². The lowest BCUT2D eigenvalue weighted by Crippen LogP contribution is -2.43. The molecule has 0 bridgehead atoms. The van der Waals surface area contributed by atoms with Crippen molar-refractivity contribution in [1.29, 1.82) is 0 Å². The Morgan fingerprint density at radius 2 is 1.96 bits per heavy atom. The van der Waals surface area contributed by atoms with Gasteiger partial charge in [-0.3, -0.25) is 4.79 Å². The predicted octanol–water partition coefficient (Wildman–Crippen LogP) is 2.72. The summed E-state index contributed by atoms with van der Waals surface area (Å²) in [6.45, 7) is 0.561. The first-order valence-corrected chi connectivity index (χ1v) is 9.11. The van der Waals surface area contributed by atoms with Crippen LogP contribution in [0.25, 0.3) is 0 Å². The van der Waals surface area contributed by atoms with Gasteiger partial charge in [-0.15, -0.1) is 0 Å². The van der Waals surface area contributed by atoms with E-state index in [9.17, 15) is 14.3 Å². The smallest absolute Gasteiger partial charge is 0.251 e. The molecule has 138 valence electrons. The van der Waals surface area contributed by atoms with Crippen LogP contribution in [0.5, 0.6) is 0 Å². The number of carbonyl (C=O) groups is 1. The van der Waals surface area contributed by atoms with Gasteiger partial charge in [0.15, 0.2) is 0 Å². The Balaban J connectivity index is 1.41. The first-order valence-electron chi connectivity index (χ1n) is 8.74. The van der Waals surface area contributed by atoms with Crippen molar-refractivity contribution < 1.29 is 14.3 Å². The molecule has 0 saturated heterocycles. The van der Waals surface area contributed by atoms with Crippen molar-refractivity contribution in [2.75, 3.05) is 13.1 Å². The minimum Gasteiger partial charge on any atom is -0.390 e. The van der Waals surface area contributed by atoms with E-state index in [1.54, 1.807) is 30.3 Å². The Hall–Kier alpha value is -1.95. The summed E-state index contributed by atoms with van der Waals surface area (Å²) in [6, 6.07) is 11.8. The zero-order valence-corrected chi connectivity index (χ0v) is 15.1. The number of aliphatic hydroxyl groups excluding tert-OH is 1. The number of aliphatic hydroxyl groups is 1. The van der Waals surface area contributed by atoms with Gasteiger partial charge in [-0.05, 0) is 66.8 Å². The SMILES string of the molecule is O=C(NCC(O)CNC1CCc2cc(F)ccc2C1)c1ccc(Cl)cc1. The maximum Gasteiger partial charge on any atom is 0.251 e. The van der Waals surface area contributed by atoms with E-state index in [0.29, 0.717) is 17.1 Å². The second kappa shape index (κ2) is 8.62. The Kier molecular flexibility index (Phi) is 6.25. The van der Waals surface area contributed by atoms with E-state index in [4.69, 9.17) is 11.6 Å². The van der Waals surface area contributed by atoms with Crippen molar-refractivity contribution in [3.63, 3.8) is 0 Å². The third-order valence-corrected chi connectivity index (χ3v) is 4.90. The zero-order chi connectivity index (χ0) is 18.5. The normalized spacial score (nSPS) is 17.4. The molecule has 1 amide bonds. The van der Waals surface area contributed by atoms with Gasteiger partial charge in [0, 0.05) is 29.7 Å². The van der Waals surface area contributed by atoms with Crippen LogP contribution < -0.4 is 10.6 Å². The summed E-state index contributed by atoms with van der Waals surface area (Å²) in [6.07, 6.45) is 1.87. The maximum atomic E-state index is 13.2. The van der Waals surface area contributed by atoms with Crippen LogP contribution in [-0.2, 0) is 12.8 Å². The molecule has 0 radical (unpaired) electrons. The van der Waals surface area contributed by atoms with E-state index in [-0.39, 0.29) is 24.3 Å². The molecule has 3 N–H and O–H groups in total. The summed E-state index contributed by atoms with van der Waals surface area (Å²) in [5.41, 5.74) is 2.73. The second-order valence-corrected chi connectivity index (χ2v) is 7.07. The molecule has 0 spiro atoms. The van der Waals surface area contributed by atoms with Crippen LogP contribution in [0.4, 0.5) is 4.39 Å². The number of hydrogen-bond donors (Lipinski definition) is 3. The van der Waals surface area contributed by atoms with Crippen LogP contribution in [-0.4, -0.2) is 36.2 Å². The van der Waals surface area contributed by atoms with Gasteiger partial charge in [0.1, 0.15) is 5.82 Å². The Bertz CT molecular complexity index is 767. The minimum atomic E-state index is -0.680. The van der Waals surface area contributed by atoms with Crippen LogP contribution >= 0.6 is 11.6 Å². The lowest BCUT2D eigenvalue weighted by molar-refractivity contribution is 0.0913. The average molecular weight is 377 g/mol. The predicted molar refractivity (Wildman–Crippen MR) is 100 cm³/mol. The van der Waals surface area contributed by atoms with Gasteiger partial charge in [-0.2, -0.15) is 0 Å². The zero-order valence-electron chi connectivity index (χ0n) is 14.3. The van der Waals surface area contributed by atoms with E-state index >= 15 is 0 Å². The molecule has 0 fully saturated rings. The highest BCUT2D eigenvalue weighted by Gasteiger charge is 2.19. The molecule has 2 atom stereocenters. The van der Waals surface area contributed by atoms with Crippen LogP contribution in [0, 0.1) is 5.82 Å². The molecular weight excluding hydrogens is 355 g/mol. The molecule has 0 aromatic heterocycles. The monoisotopic (exact) mass is 376 g/mol. The molecule has 0 saturated carbocycles. The quantitative estimate of drug-likeness (QED) is 0.726. The standard InChI is InChI=1S/C20H22ClFN2O2/c21-16-5-1-13(2-6-16)20(26)24-12-19(25)11-23-18-8-4-14-9-17(22)7-3-15(14)10-18/h1-3,5-7,9,18-19,23,25H,4,8,10-12H2,(H,24,26). The van der Waals surface area contributed by atoms with Crippen molar-refractivity contribution in [3.8, 4) is 0 Å². The molecule has 2 unspecified atom stereocenters. The Morgan fingerprint density at radius 3 is 2.73 bits per heavy atom. The van der Waals surface area contributed by atoms with E-state index in [0.717, 1.165) is 30.4 Å². The molecule has 4 nitrogen and oxygen atoms in total. The van der Waals surface area contributed by atoms with Crippen molar-refractivity contribution in [2.45, 2.75) is 31.4 Å². The summed E-state index contributed by atoms with van der Waals surface area (Å²) in [5, 5.41) is 16.7. The van der Waals surface area contributed by atoms with Crippen LogP contribution in [0.2, 0.25) is 5.02 Å². The number of carbonyl (C=O) groups excluding carboxylic acids is 1. The van der Waals surface area contributed by atoms with Crippen molar-refractivity contribution in [2.24, 2.45) is 0 Å².